The van der Waals surface area contributed by atoms with Crippen LogP contribution in [0.25, 0.3) is 0 Å². The third kappa shape index (κ3) is 7.30. The van der Waals surface area contributed by atoms with Crippen molar-refractivity contribution in [2.45, 2.75) is 46.5 Å². The molecule has 0 rings (SSSR count). The van der Waals surface area contributed by atoms with Crippen LogP contribution in [0.2, 0.25) is 0 Å². The van der Waals surface area contributed by atoms with Gasteiger partial charge in [0.25, 0.3) is 0 Å². The minimum atomic E-state index is -1.06. The number of rotatable bonds is 9. The second-order valence-corrected chi connectivity index (χ2v) is 6.56. The number of unbranched alkanes of at least 4 members (excludes halogenated alkanes) is 2. The maximum atomic E-state index is 4.05. The van der Waals surface area contributed by atoms with Gasteiger partial charge in [0.15, 0.2) is 0 Å². The van der Waals surface area contributed by atoms with Crippen LogP contribution < -0.4 is 9.96 Å². The van der Waals surface area contributed by atoms with Crippen LogP contribution in [0.5, 0.6) is 0 Å². The number of hydrogen-bond donors (Lipinski definition) is 2. The van der Waals surface area contributed by atoms with Gasteiger partial charge in [0.05, 0.1) is 0 Å². The summed E-state index contributed by atoms with van der Waals surface area (Å²) >= 11 is 0. The molecule has 3 heteroatoms. The van der Waals surface area contributed by atoms with Crippen molar-refractivity contribution in [3.63, 3.8) is 0 Å². The lowest BCUT2D eigenvalue weighted by atomic mass is 10.3. The molecule has 2 N–H and O–H groups in total. The summed E-state index contributed by atoms with van der Waals surface area (Å²) in [5.74, 6) is 0. The van der Waals surface area contributed by atoms with Gasteiger partial charge in [-0.3, -0.25) is 0 Å². The summed E-state index contributed by atoms with van der Waals surface area (Å²) in [5, 5.41) is 1.32. The van der Waals surface area contributed by atoms with Crippen LogP contribution in [0.15, 0.2) is 11.8 Å². The predicted molar refractivity (Wildman–Crippen MR) is 67.8 cm³/mol. The van der Waals surface area contributed by atoms with Crippen molar-refractivity contribution >= 4 is 9.12 Å². The summed E-state index contributed by atoms with van der Waals surface area (Å²) < 4.78 is 0. The smallest absolute Gasteiger partial charge is 0.212 e. The molecule has 0 atom stereocenters. The van der Waals surface area contributed by atoms with Crippen molar-refractivity contribution in [3.05, 3.63) is 11.8 Å². The van der Waals surface area contributed by atoms with Crippen molar-refractivity contribution in [3.8, 4) is 0 Å². The molecule has 0 aromatic carbocycles. The zero-order valence-electron chi connectivity index (χ0n) is 10.0. The van der Waals surface area contributed by atoms with Crippen molar-refractivity contribution in [1.82, 2.24) is 9.96 Å². The monoisotopic (exact) mass is 214 g/mol. The molecule has 0 aliphatic heterocycles. The molecule has 0 unspecified atom stereocenters. The largest absolute Gasteiger partial charge is 0.325 e. The molecule has 0 heterocycles. The quantitative estimate of drug-likeness (QED) is 0.454. The highest BCUT2D eigenvalue weighted by Crippen LogP contribution is 1.92. The Labute approximate surface area is 90.9 Å². The van der Waals surface area contributed by atoms with E-state index in [1.807, 2.05) is 0 Å². The van der Waals surface area contributed by atoms with E-state index in [4.69, 9.17) is 0 Å². The molecule has 0 bridgehead atoms. The summed E-state index contributed by atoms with van der Waals surface area (Å²) in [7, 11) is -1.06. The van der Waals surface area contributed by atoms with Crippen LogP contribution in [0.3, 0.4) is 0 Å². The van der Waals surface area contributed by atoms with E-state index in [2.05, 4.69) is 37.3 Å². The molecule has 0 saturated carbocycles. The molecule has 0 aromatic rings. The van der Waals surface area contributed by atoms with Gasteiger partial charge in [-0.25, -0.2) is 0 Å². The standard InChI is InChI=1S/C11H26N2Si/c1-5-7-9-12-14(11(3)4)13-10-8-6-2/h12-14H,3,5-10H2,1-2,4H3. The lowest BCUT2D eigenvalue weighted by molar-refractivity contribution is 0.723. The fraction of sp³-hybridized carbons (Fsp3) is 0.818. The van der Waals surface area contributed by atoms with Gasteiger partial charge in [0.1, 0.15) is 0 Å². The second-order valence-electron chi connectivity index (χ2n) is 3.89. The van der Waals surface area contributed by atoms with Gasteiger partial charge in [-0.2, -0.15) is 0 Å². The minimum absolute atomic E-state index is 1.06. The van der Waals surface area contributed by atoms with E-state index in [0.29, 0.717) is 0 Å². The molecule has 2 nitrogen and oxygen atoms in total. The number of nitrogens with one attached hydrogen (secondary N) is 2. The van der Waals surface area contributed by atoms with Crippen LogP contribution in [-0.2, 0) is 0 Å². The molecule has 0 amide bonds. The molecular formula is C11H26N2Si. The highest BCUT2D eigenvalue weighted by Gasteiger charge is 2.09. The molecular weight excluding hydrogens is 188 g/mol. The van der Waals surface area contributed by atoms with Gasteiger partial charge in [0, 0.05) is 0 Å². The summed E-state index contributed by atoms with van der Waals surface area (Å²) in [6.45, 7) is 12.9. The zero-order valence-corrected chi connectivity index (χ0v) is 11.2. The summed E-state index contributed by atoms with van der Waals surface area (Å²) in [4.78, 5) is 7.21. The van der Waals surface area contributed by atoms with Gasteiger partial charge >= 0.3 is 0 Å². The van der Waals surface area contributed by atoms with E-state index in [-0.39, 0.29) is 0 Å². The predicted octanol–water partition coefficient (Wildman–Crippen LogP) is 2.10. The average molecular weight is 214 g/mol. The van der Waals surface area contributed by atoms with Crippen molar-refractivity contribution in [2.24, 2.45) is 0 Å². The Morgan fingerprint density at radius 2 is 1.50 bits per heavy atom. The lowest BCUT2D eigenvalue weighted by Gasteiger charge is -2.18. The van der Waals surface area contributed by atoms with Crippen LogP contribution in [0.4, 0.5) is 0 Å². The lowest BCUT2D eigenvalue weighted by Crippen LogP contribution is -2.49. The first-order valence-electron chi connectivity index (χ1n) is 5.84. The first-order valence-corrected chi connectivity index (χ1v) is 7.57. The molecule has 14 heavy (non-hydrogen) atoms. The van der Waals surface area contributed by atoms with Gasteiger partial charge in [-0.05, 0) is 32.9 Å². The molecule has 0 spiro atoms. The molecule has 84 valence electrons. The summed E-state index contributed by atoms with van der Waals surface area (Å²) in [5.41, 5.74) is 0. The fourth-order valence-corrected chi connectivity index (χ4v) is 3.09. The van der Waals surface area contributed by atoms with E-state index >= 15 is 0 Å². The van der Waals surface area contributed by atoms with Crippen LogP contribution in [0.1, 0.15) is 46.5 Å². The zero-order chi connectivity index (χ0) is 10.8. The Kier molecular flexibility index (Phi) is 9.35. The van der Waals surface area contributed by atoms with Crippen molar-refractivity contribution < 1.29 is 0 Å². The Hall–Kier alpha value is -0.123. The molecule has 0 fully saturated rings. The first kappa shape index (κ1) is 13.9. The Morgan fingerprint density at radius 1 is 1.07 bits per heavy atom. The number of allylic oxidation sites excluding steroid dienone is 1. The summed E-state index contributed by atoms with van der Waals surface area (Å²) in [6, 6.07) is 0. The first-order chi connectivity index (χ1) is 6.72. The molecule has 0 aliphatic rings. The molecule has 0 radical (unpaired) electrons. The van der Waals surface area contributed by atoms with E-state index in [1.54, 1.807) is 0 Å². The van der Waals surface area contributed by atoms with Crippen LogP contribution in [-0.4, -0.2) is 22.2 Å². The third-order valence-corrected chi connectivity index (χ3v) is 4.63. The highest BCUT2D eigenvalue weighted by atomic mass is 28.3. The molecule has 0 saturated heterocycles. The van der Waals surface area contributed by atoms with Crippen molar-refractivity contribution in [2.75, 3.05) is 13.1 Å². The normalized spacial score (nSPS) is 10.9. The average Bonchev–Trinajstić information content (AvgIpc) is 2.15. The van der Waals surface area contributed by atoms with Gasteiger partial charge in [-0.1, -0.05) is 31.9 Å². The van der Waals surface area contributed by atoms with Crippen molar-refractivity contribution in [1.29, 1.82) is 0 Å². The maximum absolute atomic E-state index is 4.05. The molecule has 0 aliphatic carbocycles. The Bertz CT molecular complexity index is 138. The van der Waals surface area contributed by atoms with Gasteiger partial charge < -0.3 is 9.96 Å². The minimum Gasteiger partial charge on any atom is -0.325 e. The second kappa shape index (κ2) is 9.43. The SMILES string of the molecule is C=C(C)[SiH](NCCCC)NCCCC. The van der Waals surface area contributed by atoms with Gasteiger partial charge in [-0.15, -0.1) is 6.58 Å². The van der Waals surface area contributed by atoms with Gasteiger partial charge in [0.2, 0.25) is 9.12 Å². The topological polar surface area (TPSA) is 24.1 Å². The van der Waals surface area contributed by atoms with Crippen LogP contribution >= 0.6 is 0 Å². The fourth-order valence-electron chi connectivity index (χ4n) is 1.27. The maximum Gasteiger partial charge on any atom is 0.212 e. The van der Waals surface area contributed by atoms with E-state index < -0.39 is 9.12 Å². The Balaban J connectivity index is 3.61. The Morgan fingerprint density at radius 3 is 1.79 bits per heavy atom. The van der Waals surface area contributed by atoms with E-state index in [9.17, 15) is 0 Å². The van der Waals surface area contributed by atoms with E-state index in [0.717, 1.165) is 13.1 Å². The van der Waals surface area contributed by atoms with E-state index in [1.165, 1.54) is 30.9 Å². The number of hydrogen-bond acceptors (Lipinski definition) is 2. The third-order valence-electron chi connectivity index (χ3n) is 2.25. The molecule has 0 aromatic heterocycles. The van der Waals surface area contributed by atoms with Crippen LogP contribution in [0, 0.1) is 0 Å². The highest BCUT2D eigenvalue weighted by molar-refractivity contribution is 6.61. The summed E-state index contributed by atoms with van der Waals surface area (Å²) in [6.07, 6.45) is 5.07.